The highest BCUT2D eigenvalue weighted by Crippen LogP contribution is 2.55. The molecule has 2 heteroatoms. The molecule has 0 saturated heterocycles. The average Bonchev–Trinajstić information content (AvgIpc) is 3.90. The zero-order valence-electron chi connectivity index (χ0n) is 42.0. The van der Waals surface area contributed by atoms with E-state index in [2.05, 4.69) is 280 Å². The Bertz CT molecular complexity index is 4430. The number of rotatable bonds is 8. The zero-order chi connectivity index (χ0) is 49.5. The van der Waals surface area contributed by atoms with Crippen molar-refractivity contribution in [1.82, 2.24) is 0 Å². The second-order valence-electron chi connectivity index (χ2n) is 21.6. The Balaban J connectivity index is 0.992. The highest BCUT2D eigenvalue weighted by molar-refractivity contribution is 6.28. The summed E-state index contributed by atoms with van der Waals surface area (Å²) in [6, 6.07) is 91.1. The smallest absolute Gasteiger partial charge is 0.0540 e. The van der Waals surface area contributed by atoms with Crippen molar-refractivity contribution in [3.63, 3.8) is 0 Å². The second kappa shape index (κ2) is 15.8. The highest BCUT2D eigenvalue weighted by Gasteiger charge is 2.37. The van der Waals surface area contributed by atoms with E-state index < -0.39 is 0 Å². The van der Waals surface area contributed by atoms with E-state index in [4.69, 9.17) is 0 Å². The molecule has 0 saturated carbocycles. The maximum atomic E-state index is 2.56. The maximum Gasteiger partial charge on any atom is 0.0540 e. The SMILES string of the molecule is CC1(C)c2ccccc2-c2ccc(N(c3ccccc3-c3ccccc3)c3ccc4ccc5c(N(c6cc7c8c(ccc9cccc(c98)C7(C)C)c6)c6ccccc6-c6ccccc6)ccc6ccc3c4c65)cc21. The van der Waals surface area contributed by atoms with E-state index in [9.17, 15) is 0 Å². The van der Waals surface area contributed by atoms with Gasteiger partial charge < -0.3 is 9.80 Å². The molecule has 0 spiro atoms. The molecule has 0 aromatic heterocycles. The molecule has 0 fully saturated rings. The monoisotopic (exact) mass is 944 g/mol. The quantitative estimate of drug-likeness (QED) is 0.140. The van der Waals surface area contributed by atoms with Crippen LogP contribution in [0.5, 0.6) is 0 Å². The molecule has 0 amide bonds. The lowest BCUT2D eigenvalue weighted by Gasteiger charge is -2.32. The summed E-state index contributed by atoms with van der Waals surface area (Å²) in [6.07, 6.45) is 0. The van der Waals surface area contributed by atoms with Crippen LogP contribution < -0.4 is 9.80 Å². The number of nitrogens with zero attached hydrogens (tertiary/aromatic N) is 2. The molecule has 0 radical (unpaired) electrons. The van der Waals surface area contributed by atoms with Crippen LogP contribution in [-0.4, -0.2) is 0 Å². The molecule has 0 N–H and O–H groups in total. The van der Waals surface area contributed by atoms with Gasteiger partial charge in [0.15, 0.2) is 0 Å². The summed E-state index contributed by atoms with van der Waals surface area (Å²) in [5.41, 5.74) is 19.4. The first-order chi connectivity index (χ1) is 36.2. The van der Waals surface area contributed by atoms with Crippen molar-refractivity contribution in [2.45, 2.75) is 38.5 Å². The molecule has 0 unspecified atom stereocenters. The van der Waals surface area contributed by atoms with Crippen LogP contribution in [0.25, 0.3) is 87.2 Å². The first-order valence-electron chi connectivity index (χ1n) is 26.1. The van der Waals surface area contributed by atoms with E-state index >= 15 is 0 Å². The van der Waals surface area contributed by atoms with E-state index in [0.29, 0.717) is 0 Å². The minimum atomic E-state index is -0.176. The number of hydrogen-bond donors (Lipinski definition) is 0. The fourth-order valence-electron chi connectivity index (χ4n) is 13.4. The fraction of sp³-hybridized carbons (Fsp3) is 0.0833. The Morgan fingerprint density at radius 3 is 1.34 bits per heavy atom. The lowest BCUT2D eigenvalue weighted by atomic mass is 9.81. The Morgan fingerprint density at radius 1 is 0.257 bits per heavy atom. The Hall–Kier alpha value is -8.98. The third kappa shape index (κ3) is 6.06. The molecule has 74 heavy (non-hydrogen) atoms. The summed E-state index contributed by atoms with van der Waals surface area (Å²) in [6.45, 7) is 9.56. The van der Waals surface area contributed by atoms with Crippen molar-refractivity contribution in [3.05, 3.63) is 265 Å². The number of benzene rings is 13. The van der Waals surface area contributed by atoms with Gasteiger partial charge >= 0.3 is 0 Å². The van der Waals surface area contributed by atoms with Gasteiger partial charge in [-0.3, -0.25) is 0 Å². The topological polar surface area (TPSA) is 6.48 Å². The van der Waals surface area contributed by atoms with Crippen LogP contribution in [0.2, 0.25) is 0 Å². The summed E-state index contributed by atoms with van der Waals surface area (Å²) in [5, 5.41) is 12.7. The highest BCUT2D eigenvalue weighted by atomic mass is 15.2. The Kier molecular flexibility index (Phi) is 9.09. The van der Waals surface area contributed by atoms with Crippen LogP contribution in [-0.2, 0) is 10.8 Å². The predicted octanol–water partition coefficient (Wildman–Crippen LogP) is 20.1. The molecule has 15 rings (SSSR count). The molecule has 0 heterocycles. The molecule has 2 nitrogen and oxygen atoms in total. The molecule has 2 aliphatic rings. The normalized spacial score (nSPS) is 13.9. The molecule has 2 aliphatic carbocycles. The van der Waals surface area contributed by atoms with Gasteiger partial charge in [0.2, 0.25) is 0 Å². The summed E-state index contributed by atoms with van der Waals surface area (Å²) < 4.78 is 0. The summed E-state index contributed by atoms with van der Waals surface area (Å²) >= 11 is 0. The van der Waals surface area contributed by atoms with Crippen molar-refractivity contribution in [2.75, 3.05) is 9.80 Å². The largest absolute Gasteiger partial charge is 0.309 e. The van der Waals surface area contributed by atoms with Crippen molar-refractivity contribution in [1.29, 1.82) is 0 Å². The molecule has 0 atom stereocenters. The molecule has 13 aromatic rings. The minimum absolute atomic E-state index is 0.161. The van der Waals surface area contributed by atoms with Gasteiger partial charge in [0.25, 0.3) is 0 Å². The van der Waals surface area contributed by atoms with Gasteiger partial charge in [0, 0.05) is 44.1 Å². The van der Waals surface area contributed by atoms with Crippen molar-refractivity contribution in [3.8, 4) is 33.4 Å². The van der Waals surface area contributed by atoms with Crippen LogP contribution in [0.4, 0.5) is 34.1 Å². The first kappa shape index (κ1) is 42.7. The van der Waals surface area contributed by atoms with E-state index in [1.54, 1.807) is 0 Å². The van der Waals surface area contributed by atoms with Crippen molar-refractivity contribution in [2.24, 2.45) is 0 Å². The predicted molar refractivity (Wildman–Crippen MR) is 315 cm³/mol. The summed E-state index contributed by atoms with van der Waals surface area (Å²) in [7, 11) is 0. The van der Waals surface area contributed by atoms with Gasteiger partial charge in [-0.05, 0) is 136 Å². The number of para-hydroxylation sites is 2. The van der Waals surface area contributed by atoms with Crippen LogP contribution in [0.1, 0.15) is 49.9 Å². The Morgan fingerprint density at radius 2 is 0.703 bits per heavy atom. The molecular weight excluding hydrogens is 893 g/mol. The number of fused-ring (bicyclic) bond motifs is 3. The number of hydrogen-bond acceptors (Lipinski definition) is 2. The van der Waals surface area contributed by atoms with Crippen LogP contribution in [0, 0.1) is 0 Å². The minimum Gasteiger partial charge on any atom is -0.309 e. The third-order valence-electron chi connectivity index (χ3n) is 16.9. The van der Waals surface area contributed by atoms with Gasteiger partial charge in [-0.1, -0.05) is 222 Å². The van der Waals surface area contributed by atoms with Crippen LogP contribution in [0.15, 0.2) is 243 Å². The molecule has 350 valence electrons. The molecule has 0 bridgehead atoms. The fourth-order valence-corrected chi connectivity index (χ4v) is 13.4. The molecule has 13 aromatic carbocycles. The zero-order valence-corrected chi connectivity index (χ0v) is 42.0. The van der Waals surface area contributed by atoms with Gasteiger partial charge in [-0.2, -0.15) is 0 Å². The van der Waals surface area contributed by atoms with Crippen molar-refractivity contribution >= 4 is 88.0 Å². The van der Waals surface area contributed by atoms with E-state index in [0.717, 1.165) is 34.1 Å². The van der Waals surface area contributed by atoms with Gasteiger partial charge in [-0.25, -0.2) is 0 Å². The second-order valence-corrected chi connectivity index (χ2v) is 21.6. The van der Waals surface area contributed by atoms with E-state index in [-0.39, 0.29) is 10.8 Å². The lowest BCUT2D eigenvalue weighted by Crippen LogP contribution is -2.17. The maximum absolute atomic E-state index is 2.56. The third-order valence-corrected chi connectivity index (χ3v) is 16.9. The summed E-state index contributed by atoms with van der Waals surface area (Å²) in [5.74, 6) is 0. The van der Waals surface area contributed by atoms with Crippen molar-refractivity contribution < 1.29 is 0 Å². The lowest BCUT2D eigenvalue weighted by molar-refractivity contribution is 0.660. The molecule has 0 aliphatic heterocycles. The summed E-state index contributed by atoms with van der Waals surface area (Å²) in [4.78, 5) is 5.09. The first-order valence-corrected chi connectivity index (χ1v) is 26.1. The van der Waals surface area contributed by atoms with Crippen LogP contribution in [0.3, 0.4) is 0 Å². The Labute approximate surface area is 432 Å². The average molecular weight is 945 g/mol. The molecular formula is C72H52N2. The number of anilines is 6. The van der Waals surface area contributed by atoms with Gasteiger partial charge in [0.05, 0.1) is 22.7 Å². The van der Waals surface area contributed by atoms with Gasteiger partial charge in [0.1, 0.15) is 0 Å². The van der Waals surface area contributed by atoms with Crippen LogP contribution >= 0.6 is 0 Å². The van der Waals surface area contributed by atoms with E-state index in [1.165, 1.54) is 109 Å². The standard InChI is InChI=1S/C72H52N2/c1-71(2)59-26-14-11-25-55(59)56-39-36-51(43-61(56)71)73(63-28-15-12-23-53(63)45-18-7-5-8-19-45)65-40-34-48-33-38-58-66(41-35-49-32-37-57(65)67(48)68(49)58)74(64-29-16-13-24-54(64)46-20-9-6-10-21-46)52-42-50-31-30-47-22-17-27-60-69(47)70(50)62(44-52)72(60,3)4/h5-44H,1-4H3. The van der Waals surface area contributed by atoms with Gasteiger partial charge in [-0.15, -0.1) is 0 Å². The van der Waals surface area contributed by atoms with E-state index in [1.807, 2.05) is 0 Å².